The number of nitrogens with zero attached hydrogens (tertiary/aromatic N) is 1. The Morgan fingerprint density at radius 2 is 2.00 bits per heavy atom. The standard InChI is InChI=1S/C15H13BrN2O3S2/c1-2-18-13-7-6-12(9-14(13)22-15(18)19)23(20,21)17-11-5-3-4-10(16)8-11/h3-9,17H,2H2,1H3. The molecular formula is C15H13BrN2O3S2. The van der Waals surface area contributed by atoms with Gasteiger partial charge in [0.25, 0.3) is 10.0 Å². The Balaban J connectivity index is 2.03. The fraction of sp³-hybridized carbons (Fsp3) is 0.133. The van der Waals surface area contributed by atoms with Gasteiger partial charge in [0.05, 0.1) is 15.1 Å². The van der Waals surface area contributed by atoms with Crippen molar-refractivity contribution in [1.29, 1.82) is 0 Å². The molecule has 0 radical (unpaired) electrons. The number of fused-ring (bicyclic) bond motifs is 1. The lowest BCUT2D eigenvalue weighted by Gasteiger charge is -2.08. The van der Waals surface area contributed by atoms with E-state index in [1.807, 2.05) is 13.0 Å². The van der Waals surface area contributed by atoms with Gasteiger partial charge in [0.15, 0.2) is 0 Å². The molecule has 0 saturated carbocycles. The molecule has 0 spiro atoms. The van der Waals surface area contributed by atoms with Crippen molar-refractivity contribution < 1.29 is 8.42 Å². The van der Waals surface area contributed by atoms with Crippen LogP contribution in [-0.2, 0) is 16.6 Å². The third-order valence-electron chi connectivity index (χ3n) is 3.34. The number of nitrogens with one attached hydrogen (secondary N) is 1. The second-order valence-corrected chi connectivity index (χ2v) is 8.45. The van der Waals surface area contributed by atoms with Crippen molar-refractivity contribution in [3.63, 3.8) is 0 Å². The molecule has 8 heteroatoms. The van der Waals surface area contributed by atoms with Crippen molar-refractivity contribution in [1.82, 2.24) is 4.57 Å². The zero-order valence-corrected chi connectivity index (χ0v) is 15.3. The summed E-state index contributed by atoms with van der Waals surface area (Å²) in [4.78, 5) is 11.9. The van der Waals surface area contributed by atoms with Crippen molar-refractivity contribution >= 4 is 53.2 Å². The molecule has 3 aromatic rings. The molecule has 120 valence electrons. The topological polar surface area (TPSA) is 68.2 Å². The van der Waals surface area contributed by atoms with E-state index in [1.165, 1.54) is 12.1 Å². The van der Waals surface area contributed by atoms with Crippen LogP contribution < -0.4 is 9.60 Å². The second-order valence-electron chi connectivity index (χ2n) is 4.86. The number of thiazole rings is 1. The molecule has 0 atom stereocenters. The molecule has 0 fully saturated rings. The number of benzene rings is 2. The molecule has 1 aromatic heterocycles. The summed E-state index contributed by atoms with van der Waals surface area (Å²) in [6.07, 6.45) is 0. The number of sulfonamides is 1. The van der Waals surface area contributed by atoms with E-state index in [1.54, 1.807) is 28.8 Å². The highest BCUT2D eigenvalue weighted by atomic mass is 79.9. The number of aromatic nitrogens is 1. The number of hydrogen-bond acceptors (Lipinski definition) is 4. The van der Waals surface area contributed by atoms with E-state index in [0.717, 1.165) is 21.3 Å². The maximum atomic E-state index is 12.5. The molecule has 1 N–H and O–H groups in total. The highest BCUT2D eigenvalue weighted by Gasteiger charge is 2.16. The average molecular weight is 413 g/mol. The lowest BCUT2D eigenvalue weighted by molar-refractivity contribution is 0.601. The van der Waals surface area contributed by atoms with Gasteiger partial charge in [0.1, 0.15) is 0 Å². The van der Waals surface area contributed by atoms with Crippen LogP contribution in [0, 0.1) is 0 Å². The van der Waals surface area contributed by atoms with Crippen molar-refractivity contribution in [2.24, 2.45) is 0 Å². The fourth-order valence-corrected chi connectivity index (χ4v) is 4.82. The van der Waals surface area contributed by atoms with Gasteiger partial charge in [-0.15, -0.1) is 0 Å². The summed E-state index contributed by atoms with van der Waals surface area (Å²) in [5.41, 5.74) is 1.22. The minimum Gasteiger partial charge on any atom is -0.299 e. The number of halogens is 1. The number of aryl methyl sites for hydroxylation is 1. The molecule has 0 bridgehead atoms. The summed E-state index contributed by atoms with van der Waals surface area (Å²) < 4.78 is 30.6. The van der Waals surface area contributed by atoms with Crippen LogP contribution in [-0.4, -0.2) is 13.0 Å². The van der Waals surface area contributed by atoms with Gasteiger partial charge in [-0.25, -0.2) is 8.42 Å². The SMILES string of the molecule is CCn1c(=O)sc2cc(S(=O)(=O)Nc3cccc(Br)c3)ccc21. The van der Waals surface area contributed by atoms with Gasteiger partial charge in [-0.3, -0.25) is 14.1 Å². The maximum Gasteiger partial charge on any atom is 0.308 e. The second kappa shape index (κ2) is 6.10. The van der Waals surface area contributed by atoms with Crippen molar-refractivity contribution in [2.75, 3.05) is 4.72 Å². The predicted molar refractivity (Wildman–Crippen MR) is 96.7 cm³/mol. The van der Waals surface area contributed by atoms with Gasteiger partial charge in [0, 0.05) is 16.7 Å². The summed E-state index contributed by atoms with van der Waals surface area (Å²) in [5.74, 6) is 0. The Hall–Kier alpha value is -1.64. The zero-order valence-electron chi connectivity index (χ0n) is 12.1. The molecule has 0 aliphatic carbocycles. The zero-order chi connectivity index (χ0) is 16.6. The van der Waals surface area contributed by atoms with E-state index < -0.39 is 10.0 Å². The molecule has 3 rings (SSSR count). The number of hydrogen-bond donors (Lipinski definition) is 1. The third-order valence-corrected chi connectivity index (χ3v) is 6.16. The van der Waals surface area contributed by atoms with Crippen LogP contribution in [0.3, 0.4) is 0 Å². The summed E-state index contributed by atoms with van der Waals surface area (Å²) in [5, 5.41) is 0. The van der Waals surface area contributed by atoms with Gasteiger partial charge in [0.2, 0.25) is 0 Å². The highest BCUT2D eigenvalue weighted by molar-refractivity contribution is 9.10. The molecule has 0 amide bonds. The van der Waals surface area contributed by atoms with E-state index in [-0.39, 0.29) is 9.77 Å². The molecule has 0 aliphatic rings. The third kappa shape index (κ3) is 3.19. The molecule has 2 aromatic carbocycles. The summed E-state index contributed by atoms with van der Waals surface area (Å²) in [6, 6.07) is 11.6. The minimum absolute atomic E-state index is 0.0861. The first-order valence-corrected chi connectivity index (χ1v) is 9.92. The Morgan fingerprint density at radius 3 is 2.70 bits per heavy atom. The highest BCUT2D eigenvalue weighted by Crippen LogP contribution is 2.24. The van der Waals surface area contributed by atoms with Gasteiger partial charge < -0.3 is 0 Å². The van der Waals surface area contributed by atoms with E-state index in [0.29, 0.717) is 16.9 Å². The normalized spacial score (nSPS) is 11.7. The van der Waals surface area contributed by atoms with Crippen LogP contribution in [0.25, 0.3) is 10.2 Å². The first-order valence-electron chi connectivity index (χ1n) is 6.82. The quantitative estimate of drug-likeness (QED) is 0.710. The summed E-state index contributed by atoms with van der Waals surface area (Å²) >= 11 is 4.36. The molecule has 0 aliphatic heterocycles. The lowest BCUT2D eigenvalue weighted by Crippen LogP contribution is -2.13. The minimum atomic E-state index is -3.71. The Bertz CT molecular complexity index is 1040. The number of anilines is 1. The van der Waals surface area contributed by atoms with Gasteiger partial charge in [-0.2, -0.15) is 0 Å². The van der Waals surface area contributed by atoms with E-state index in [9.17, 15) is 13.2 Å². The largest absolute Gasteiger partial charge is 0.308 e. The van der Waals surface area contributed by atoms with Crippen LogP contribution in [0.1, 0.15) is 6.92 Å². The Kier molecular flexibility index (Phi) is 4.31. The van der Waals surface area contributed by atoms with Gasteiger partial charge in [-0.1, -0.05) is 33.3 Å². The summed E-state index contributed by atoms with van der Waals surface area (Å²) in [7, 11) is -3.71. The molecule has 5 nitrogen and oxygen atoms in total. The van der Waals surface area contributed by atoms with Crippen LogP contribution in [0.2, 0.25) is 0 Å². The van der Waals surface area contributed by atoms with Crippen molar-refractivity contribution in [3.05, 3.63) is 56.6 Å². The van der Waals surface area contributed by atoms with E-state index in [2.05, 4.69) is 20.7 Å². The summed E-state index contributed by atoms with van der Waals surface area (Å²) in [6.45, 7) is 2.44. The Labute approximate surface area is 145 Å². The molecular weight excluding hydrogens is 400 g/mol. The van der Waals surface area contributed by atoms with E-state index >= 15 is 0 Å². The van der Waals surface area contributed by atoms with Crippen molar-refractivity contribution in [3.8, 4) is 0 Å². The smallest absolute Gasteiger partial charge is 0.299 e. The first-order chi connectivity index (χ1) is 10.9. The van der Waals surface area contributed by atoms with E-state index in [4.69, 9.17) is 0 Å². The predicted octanol–water partition coefficient (Wildman–Crippen LogP) is 3.65. The van der Waals surface area contributed by atoms with Crippen molar-refractivity contribution in [2.45, 2.75) is 18.4 Å². The first kappa shape index (κ1) is 16.2. The van der Waals surface area contributed by atoms with Crippen LogP contribution in [0.4, 0.5) is 5.69 Å². The van der Waals surface area contributed by atoms with Gasteiger partial charge >= 0.3 is 4.87 Å². The monoisotopic (exact) mass is 412 g/mol. The fourth-order valence-electron chi connectivity index (χ4n) is 2.28. The van der Waals surface area contributed by atoms with Crippen LogP contribution in [0.5, 0.6) is 0 Å². The molecule has 23 heavy (non-hydrogen) atoms. The Morgan fingerprint density at radius 1 is 1.22 bits per heavy atom. The molecule has 0 saturated heterocycles. The number of rotatable bonds is 4. The average Bonchev–Trinajstić information content (AvgIpc) is 2.80. The molecule has 0 unspecified atom stereocenters. The van der Waals surface area contributed by atoms with Crippen LogP contribution in [0.15, 0.2) is 56.6 Å². The van der Waals surface area contributed by atoms with Gasteiger partial charge in [-0.05, 0) is 43.3 Å². The lowest BCUT2D eigenvalue weighted by atomic mass is 10.3. The maximum absolute atomic E-state index is 12.5. The molecule has 1 heterocycles. The van der Waals surface area contributed by atoms with Crippen LogP contribution >= 0.6 is 27.3 Å².